The van der Waals surface area contributed by atoms with E-state index in [1.54, 1.807) is 4.90 Å². The molecule has 1 aliphatic heterocycles. The first kappa shape index (κ1) is 15.4. The maximum absolute atomic E-state index is 11.9. The Morgan fingerprint density at radius 3 is 2.44 bits per heavy atom. The van der Waals surface area contributed by atoms with Crippen LogP contribution in [0.2, 0.25) is 0 Å². The number of sulfone groups is 1. The fourth-order valence-corrected chi connectivity index (χ4v) is 3.42. The third-order valence-corrected chi connectivity index (χ3v) is 4.89. The Kier molecular flexibility index (Phi) is 6.08. The van der Waals surface area contributed by atoms with Gasteiger partial charge in [0.05, 0.1) is 5.75 Å². The fraction of sp³-hybridized carbons (Fsp3) is 0.917. The predicted octanol–water partition coefficient (Wildman–Crippen LogP) is 0.541. The van der Waals surface area contributed by atoms with Crippen molar-refractivity contribution in [2.45, 2.75) is 45.1 Å². The second kappa shape index (κ2) is 7.09. The SMILES string of the molecule is CCCCCS(=O)(=O)CC(=O)N1CCC(N)CC1. The lowest BCUT2D eigenvalue weighted by molar-refractivity contribution is -0.129. The van der Waals surface area contributed by atoms with Gasteiger partial charge in [0, 0.05) is 19.1 Å². The van der Waals surface area contributed by atoms with Gasteiger partial charge in [0.1, 0.15) is 5.75 Å². The van der Waals surface area contributed by atoms with Gasteiger partial charge in [-0.15, -0.1) is 0 Å². The van der Waals surface area contributed by atoms with Crippen molar-refractivity contribution in [3.8, 4) is 0 Å². The molecule has 2 N–H and O–H groups in total. The zero-order valence-corrected chi connectivity index (χ0v) is 11.9. The van der Waals surface area contributed by atoms with Crippen LogP contribution in [0.3, 0.4) is 0 Å². The number of piperidine rings is 1. The topological polar surface area (TPSA) is 80.5 Å². The highest BCUT2D eigenvalue weighted by Crippen LogP contribution is 2.10. The van der Waals surface area contributed by atoms with Crippen LogP contribution in [0, 0.1) is 0 Å². The van der Waals surface area contributed by atoms with E-state index in [-0.39, 0.29) is 23.5 Å². The molecule has 0 aromatic carbocycles. The number of unbranched alkanes of at least 4 members (excludes halogenated alkanes) is 2. The normalized spacial score (nSPS) is 18.0. The quantitative estimate of drug-likeness (QED) is 0.718. The first-order valence-corrected chi connectivity index (χ1v) is 8.50. The highest BCUT2D eigenvalue weighted by atomic mass is 32.2. The summed E-state index contributed by atoms with van der Waals surface area (Å²) in [6.45, 7) is 3.20. The summed E-state index contributed by atoms with van der Waals surface area (Å²) in [5.41, 5.74) is 5.75. The molecule has 1 aliphatic rings. The van der Waals surface area contributed by atoms with E-state index in [4.69, 9.17) is 5.73 Å². The molecule has 0 aromatic heterocycles. The van der Waals surface area contributed by atoms with Crippen LogP contribution in [0.25, 0.3) is 0 Å². The number of likely N-dealkylation sites (tertiary alicyclic amines) is 1. The Hall–Kier alpha value is -0.620. The Bertz CT molecular complexity index is 360. The van der Waals surface area contributed by atoms with Gasteiger partial charge < -0.3 is 10.6 Å². The zero-order chi connectivity index (χ0) is 13.6. The summed E-state index contributed by atoms with van der Waals surface area (Å²) in [4.78, 5) is 13.5. The van der Waals surface area contributed by atoms with Crippen molar-refractivity contribution in [2.24, 2.45) is 5.73 Å². The lowest BCUT2D eigenvalue weighted by Crippen LogP contribution is -2.45. The van der Waals surface area contributed by atoms with Crippen molar-refractivity contribution in [2.75, 3.05) is 24.6 Å². The van der Waals surface area contributed by atoms with E-state index in [9.17, 15) is 13.2 Å². The largest absolute Gasteiger partial charge is 0.342 e. The lowest BCUT2D eigenvalue weighted by Gasteiger charge is -2.30. The number of hydrogen-bond acceptors (Lipinski definition) is 4. The van der Waals surface area contributed by atoms with Gasteiger partial charge in [0.25, 0.3) is 0 Å². The molecule has 0 aromatic rings. The molecule has 106 valence electrons. The summed E-state index contributed by atoms with van der Waals surface area (Å²) in [5, 5.41) is 0. The number of nitrogens with zero attached hydrogens (tertiary/aromatic N) is 1. The Balaban J connectivity index is 2.39. The van der Waals surface area contributed by atoms with Crippen LogP contribution >= 0.6 is 0 Å². The standard InChI is InChI=1S/C12H24N2O3S/c1-2-3-4-9-18(16,17)10-12(15)14-7-5-11(13)6-8-14/h11H,2-10,13H2,1H3. The highest BCUT2D eigenvalue weighted by Gasteiger charge is 2.24. The number of amides is 1. The van der Waals surface area contributed by atoms with Crippen LogP contribution in [0.4, 0.5) is 0 Å². The summed E-state index contributed by atoms with van der Waals surface area (Å²) in [7, 11) is -3.24. The van der Waals surface area contributed by atoms with E-state index in [1.165, 1.54) is 0 Å². The smallest absolute Gasteiger partial charge is 0.237 e. The molecule has 1 amide bonds. The van der Waals surface area contributed by atoms with Crippen LogP contribution in [-0.2, 0) is 14.6 Å². The Morgan fingerprint density at radius 1 is 1.28 bits per heavy atom. The molecule has 1 rings (SSSR count). The third kappa shape index (κ3) is 5.35. The molecule has 1 fully saturated rings. The minimum atomic E-state index is -3.24. The molecule has 6 heteroatoms. The molecule has 1 saturated heterocycles. The Labute approximate surface area is 110 Å². The van der Waals surface area contributed by atoms with Crippen molar-refractivity contribution in [1.82, 2.24) is 4.90 Å². The molecular formula is C12H24N2O3S. The monoisotopic (exact) mass is 276 g/mol. The molecule has 0 bridgehead atoms. The number of hydrogen-bond donors (Lipinski definition) is 1. The zero-order valence-electron chi connectivity index (χ0n) is 11.1. The summed E-state index contributed by atoms with van der Waals surface area (Å²) in [6, 6.07) is 0.148. The van der Waals surface area contributed by atoms with Gasteiger partial charge in [0.15, 0.2) is 9.84 Å². The average Bonchev–Trinajstić information content (AvgIpc) is 2.29. The van der Waals surface area contributed by atoms with E-state index in [0.717, 1.165) is 25.7 Å². The second-order valence-corrected chi connectivity index (χ2v) is 7.20. The van der Waals surface area contributed by atoms with Crippen LogP contribution in [0.1, 0.15) is 39.0 Å². The van der Waals surface area contributed by atoms with E-state index < -0.39 is 9.84 Å². The van der Waals surface area contributed by atoms with Gasteiger partial charge in [-0.2, -0.15) is 0 Å². The van der Waals surface area contributed by atoms with Crippen LogP contribution in [0.5, 0.6) is 0 Å². The summed E-state index contributed by atoms with van der Waals surface area (Å²) < 4.78 is 23.5. The molecule has 0 atom stereocenters. The maximum Gasteiger partial charge on any atom is 0.237 e. The summed E-state index contributed by atoms with van der Waals surface area (Å²) in [6.07, 6.45) is 4.06. The Morgan fingerprint density at radius 2 is 1.89 bits per heavy atom. The van der Waals surface area contributed by atoms with Crippen molar-refractivity contribution in [1.29, 1.82) is 0 Å². The second-order valence-electron chi connectivity index (χ2n) is 5.02. The van der Waals surface area contributed by atoms with E-state index in [1.807, 2.05) is 6.92 Å². The van der Waals surface area contributed by atoms with Crippen molar-refractivity contribution in [3.63, 3.8) is 0 Å². The molecule has 5 nitrogen and oxygen atoms in total. The van der Waals surface area contributed by atoms with Crippen LogP contribution < -0.4 is 5.73 Å². The van der Waals surface area contributed by atoms with Gasteiger partial charge in [-0.3, -0.25) is 4.79 Å². The first-order chi connectivity index (χ1) is 8.44. The molecular weight excluding hydrogens is 252 g/mol. The van der Waals surface area contributed by atoms with Crippen molar-refractivity contribution < 1.29 is 13.2 Å². The minimum Gasteiger partial charge on any atom is -0.342 e. The molecule has 0 unspecified atom stereocenters. The number of rotatable bonds is 6. The van der Waals surface area contributed by atoms with Crippen LogP contribution in [-0.4, -0.2) is 49.9 Å². The number of carbonyl (C=O) groups excluding carboxylic acids is 1. The molecule has 0 spiro atoms. The molecule has 0 aliphatic carbocycles. The van der Waals surface area contributed by atoms with Crippen LogP contribution in [0.15, 0.2) is 0 Å². The van der Waals surface area contributed by atoms with Gasteiger partial charge in [-0.25, -0.2) is 8.42 Å². The van der Waals surface area contributed by atoms with Gasteiger partial charge >= 0.3 is 0 Å². The fourth-order valence-electron chi connectivity index (χ4n) is 2.07. The number of nitrogens with two attached hydrogens (primary N) is 1. The maximum atomic E-state index is 11.9. The van der Waals surface area contributed by atoms with Crippen molar-refractivity contribution >= 4 is 15.7 Å². The van der Waals surface area contributed by atoms with Gasteiger partial charge in [-0.1, -0.05) is 19.8 Å². The van der Waals surface area contributed by atoms with Crippen molar-refractivity contribution in [3.05, 3.63) is 0 Å². The first-order valence-electron chi connectivity index (χ1n) is 6.68. The van der Waals surface area contributed by atoms with E-state index >= 15 is 0 Å². The predicted molar refractivity (Wildman–Crippen MR) is 72.0 cm³/mol. The molecule has 0 radical (unpaired) electrons. The van der Waals surface area contributed by atoms with E-state index in [2.05, 4.69) is 0 Å². The highest BCUT2D eigenvalue weighted by molar-refractivity contribution is 7.92. The average molecular weight is 276 g/mol. The van der Waals surface area contributed by atoms with Gasteiger partial charge in [-0.05, 0) is 19.3 Å². The number of carbonyl (C=O) groups is 1. The molecule has 0 saturated carbocycles. The van der Waals surface area contributed by atoms with Gasteiger partial charge in [0.2, 0.25) is 5.91 Å². The summed E-state index contributed by atoms with van der Waals surface area (Å²) >= 11 is 0. The summed E-state index contributed by atoms with van der Waals surface area (Å²) in [5.74, 6) is -0.482. The molecule has 1 heterocycles. The third-order valence-electron chi connectivity index (χ3n) is 3.29. The lowest BCUT2D eigenvalue weighted by atomic mass is 10.1. The molecule has 18 heavy (non-hydrogen) atoms. The van der Waals surface area contributed by atoms with E-state index in [0.29, 0.717) is 19.5 Å². The minimum absolute atomic E-state index is 0.125.